The Labute approximate surface area is 129 Å². The second-order valence-corrected chi connectivity index (χ2v) is 8.10. The molecule has 110 valence electrons. The van der Waals surface area contributed by atoms with Crippen molar-refractivity contribution in [2.24, 2.45) is 0 Å². The van der Waals surface area contributed by atoms with Gasteiger partial charge in [-0.3, -0.25) is 0 Å². The van der Waals surface area contributed by atoms with Crippen molar-refractivity contribution in [2.75, 3.05) is 7.05 Å². The zero-order valence-electron chi connectivity index (χ0n) is 11.8. The summed E-state index contributed by atoms with van der Waals surface area (Å²) in [6, 6.07) is 7.50. The summed E-state index contributed by atoms with van der Waals surface area (Å²) in [5.74, 6) is 0.211. The Morgan fingerprint density at radius 1 is 1.35 bits per heavy atom. The molecule has 1 heterocycles. The Balaban J connectivity index is 2.67. The minimum absolute atomic E-state index is 0.0400. The van der Waals surface area contributed by atoms with E-state index in [1.807, 2.05) is 38.1 Å². The lowest BCUT2D eigenvalue weighted by Crippen LogP contribution is -2.34. The van der Waals surface area contributed by atoms with Crippen molar-refractivity contribution in [1.29, 1.82) is 0 Å². The van der Waals surface area contributed by atoms with E-state index >= 15 is 0 Å². The quantitative estimate of drug-likeness (QED) is 0.775. The van der Waals surface area contributed by atoms with E-state index in [1.54, 1.807) is 7.05 Å². The van der Waals surface area contributed by atoms with Crippen molar-refractivity contribution < 1.29 is 8.42 Å². The van der Waals surface area contributed by atoms with E-state index in [0.717, 1.165) is 16.5 Å². The summed E-state index contributed by atoms with van der Waals surface area (Å²) in [7, 11) is -1.88. The number of sulfonamides is 1. The lowest BCUT2D eigenvalue weighted by Gasteiger charge is -2.23. The molecule has 0 saturated heterocycles. The predicted octanol–water partition coefficient (Wildman–Crippen LogP) is 4.06. The van der Waals surface area contributed by atoms with Gasteiger partial charge >= 0.3 is 0 Å². The first kappa shape index (κ1) is 15.8. The van der Waals surface area contributed by atoms with Crippen molar-refractivity contribution in [3.63, 3.8) is 0 Å². The highest BCUT2D eigenvalue weighted by Gasteiger charge is 2.30. The van der Waals surface area contributed by atoms with Gasteiger partial charge < -0.3 is 0 Å². The number of fused-ring (bicyclic) bond motifs is 1. The van der Waals surface area contributed by atoms with Gasteiger partial charge in [0.05, 0.1) is 5.88 Å². The molecule has 0 fully saturated rings. The van der Waals surface area contributed by atoms with E-state index in [-0.39, 0.29) is 11.9 Å². The maximum absolute atomic E-state index is 12.9. The zero-order chi connectivity index (χ0) is 14.9. The molecular formula is C14H18ClNO2S2. The molecule has 3 nitrogen and oxygen atoms in total. The van der Waals surface area contributed by atoms with Gasteiger partial charge in [-0.05, 0) is 19.4 Å². The molecule has 1 unspecified atom stereocenters. The first-order valence-corrected chi connectivity index (χ1v) is 9.27. The molecule has 0 saturated carbocycles. The highest BCUT2D eigenvalue weighted by atomic mass is 35.5. The van der Waals surface area contributed by atoms with E-state index < -0.39 is 10.0 Å². The summed E-state index contributed by atoms with van der Waals surface area (Å²) >= 11 is 7.40. The molecule has 0 amide bonds. The average molecular weight is 332 g/mol. The first-order chi connectivity index (χ1) is 9.43. The van der Waals surface area contributed by atoms with E-state index in [9.17, 15) is 8.42 Å². The van der Waals surface area contributed by atoms with Crippen LogP contribution in [0.4, 0.5) is 0 Å². The summed E-state index contributed by atoms with van der Waals surface area (Å²) in [4.78, 5) is 1.08. The van der Waals surface area contributed by atoms with Crippen LogP contribution >= 0.6 is 22.9 Å². The Hall–Kier alpha value is -0.620. The summed E-state index contributed by atoms with van der Waals surface area (Å²) in [5.41, 5.74) is 0. The van der Waals surface area contributed by atoms with Gasteiger partial charge in [0.15, 0.2) is 0 Å². The SMILES string of the molecule is CCC(C)N(C)S(=O)(=O)c1c(CCl)sc2ccccc12. The summed E-state index contributed by atoms with van der Waals surface area (Å²) in [6.07, 6.45) is 0.772. The fourth-order valence-electron chi connectivity index (χ4n) is 2.08. The first-order valence-electron chi connectivity index (χ1n) is 6.47. The van der Waals surface area contributed by atoms with Crippen LogP contribution in [0, 0.1) is 0 Å². The highest BCUT2D eigenvalue weighted by molar-refractivity contribution is 7.89. The number of rotatable bonds is 5. The number of nitrogens with zero attached hydrogens (tertiary/aromatic N) is 1. The summed E-state index contributed by atoms with van der Waals surface area (Å²) < 4.78 is 28.1. The van der Waals surface area contributed by atoms with Gasteiger partial charge in [-0.15, -0.1) is 22.9 Å². The number of hydrogen-bond acceptors (Lipinski definition) is 3. The summed E-state index contributed by atoms with van der Waals surface area (Å²) in [6.45, 7) is 3.89. The van der Waals surface area contributed by atoms with Crippen molar-refractivity contribution >= 4 is 43.0 Å². The minimum Gasteiger partial charge on any atom is -0.207 e. The van der Waals surface area contributed by atoms with Gasteiger partial charge in [0, 0.05) is 28.1 Å². The molecule has 0 spiro atoms. The minimum atomic E-state index is -3.52. The Kier molecular flexibility index (Phi) is 4.74. The lowest BCUT2D eigenvalue weighted by atomic mass is 10.2. The number of alkyl halides is 1. The van der Waals surface area contributed by atoms with Gasteiger partial charge in [-0.25, -0.2) is 8.42 Å². The van der Waals surface area contributed by atoms with Gasteiger partial charge in [-0.2, -0.15) is 4.31 Å². The van der Waals surface area contributed by atoms with Crippen LogP contribution in [0.2, 0.25) is 0 Å². The van der Waals surface area contributed by atoms with Crippen LogP contribution in [0.3, 0.4) is 0 Å². The summed E-state index contributed by atoms with van der Waals surface area (Å²) in [5, 5.41) is 0.767. The number of halogens is 1. The molecule has 0 aliphatic rings. The Bertz CT molecular complexity index is 709. The maximum atomic E-state index is 12.9. The predicted molar refractivity (Wildman–Crippen MR) is 86.1 cm³/mol. The second-order valence-electron chi connectivity index (χ2n) is 4.76. The normalized spacial score (nSPS) is 14.1. The highest BCUT2D eigenvalue weighted by Crippen LogP contribution is 2.37. The van der Waals surface area contributed by atoms with Gasteiger partial charge in [-0.1, -0.05) is 25.1 Å². The molecule has 0 N–H and O–H groups in total. The van der Waals surface area contributed by atoms with Crippen LogP contribution in [0.15, 0.2) is 29.2 Å². The lowest BCUT2D eigenvalue weighted by molar-refractivity contribution is 0.381. The molecule has 0 radical (unpaired) electrons. The molecule has 0 aliphatic heterocycles. The fraction of sp³-hybridized carbons (Fsp3) is 0.429. The molecule has 1 aromatic carbocycles. The zero-order valence-corrected chi connectivity index (χ0v) is 14.1. The number of thiophene rings is 1. The van der Waals surface area contributed by atoms with E-state index in [0.29, 0.717) is 9.77 Å². The van der Waals surface area contributed by atoms with Gasteiger partial charge in [0.2, 0.25) is 10.0 Å². The van der Waals surface area contributed by atoms with E-state index in [4.69, 9.17) is 11.6 Å². The van der Waals surface area contributed by atoms with Crippen LogP contribution in [0.1, 0.15) is 25.1 Å². The molecule has 1 aromatic heterocycles. The smallest absolute Gasteiger partial charge is 0.207 e. The standard InChI is InChI=1S/C14H18ClNO2S2/c1-4-10(2)16(3)20(17,18)14-11-7-5-6-8-12(11)19-13(14)9-15/h5-8,10H,4,9H2,1-3H3. The largest absolute Gasteiger partial charge is 0.244 e. The maximum Gasteiger partial charge on any atom is 0.244 e. The molecule has 0 aliphatic carbocycles. The van der Waals surface area contributed by atoms with Crippen molar-refractivity contribution in [1.82, 2.24) is 4.31 Å². The second kappa shape index (κ2) is 6.02. The molecular weight excluding hydrogens is 314 g/mol. The third kappa shape index (κ3) is 2.60. The Morgan fingerprint density at radius 2 is 2.00 bits per heavy atom. The van der Waals surface area contributed by atoms with Gasteiger partial charge in [0.25, 0.3) is 0 Å². The Morgan fingerprint density at radius 3 is 2.60 bits per heavy atom. The van der Waals surface area contributed by atoms with Crippen molar-refractivity contribution in [2.45, 2.75) is 37.1 Å². The van der Waals surface area contributed by atoms with Crippen LogP contribution in [0.25, 0.3) is 10.1 Å². The van der Waals surface area contributed by atoms with E-state index in [1.165, 1.54) is 15.6 Å². The van der Waals surface area contributed by atoms with E-state index in [2.05, 4.69) is 0 Å². The van der Waals surface area contributed by atoms with Crippen molar-refractivity contribution in [3.8, 4) is 0 Å². The molecule has 6 heteroatoms. The van der Waals surface area contributed by atoms with Crippen LogP contribution in [-0.2, 0) is 15.9 Å². The topological polar surface area (TPSA) is 37.4 Å². The molecule has 20 heavy (non-hydrogen) atoms. The van der Waals surface area contributed by atoms with Crippen LogP contribution < -0.4 is 0 Å². The third-order valence-electron chi connectivity index (χ3n) is 3.59. The monoisotopic (exact) mass is 331 g/mol. The molecule has 2 aromatic rings. The third-order valence-corrected chi connectivity index (χ3v) is 7.41. The van der Waals surface area contributed by atoms with Crippen LogP contribution in [-0.4, -0.2) is 25.8 Å². The molecule has 1 atom stereocenters. The fourth-order valence-corrected chi connectivity index (χ4v) is 5.64. The van der Waals surface area contributed by atoms with Gasteiger partial charge in [0.1, 0.15) is 4.90 Å². The molecule has 0 bridgehead atoms. The van der Waals surface area contributed by atoms with Crippen molar-refractivity contribution in [3.05, 3.63) is 29.1 Å². The number of benzene rings is 1. The number of hydrogen-bond donors (Lipinski definition) is 0. The molecule has 2 rings (SSSR count). The average Bonchev–Trinajstić information content (AvgIpc) is 2.84. The van der Waals surface area contributed by atoms with Crippen LogP contribution in [0.5, 0.6) is 0 Å².